The molecule has 6 nitrogen and oxygen atoms in total. The van der Waals surface area contributed by atoms with Crippen LogP contribution in [-0.2, 0) is 14.8 Å². The second kappa shape index (κ2) is 9.12. The maximum Gasteiger partial charge on any atom is 0.243 e. The molecule has 1 saturated heterocycles. The predicted molar refractivity (Wildman–Crippen MR) is 99.1 cm³/mol. The molecule has 1 amide bonds. The van der Waals surface area contributed by atoms with Crippen molar-refractivity contribution < 1.29 is 17.6 Å². The van der Waals surface area contributed by atoms with Crippen LogP contribution < -0.4 is 5.32 Å². The van der Waals surface area contributed by atoms with E-state index in [1.165, 1.54) is 10.4 Å². The fourth-order valence-corrected chi connectivity index (χ4v) is 4.64. The molecule has 1 aliphatic heterocycles. The van der Waals surface area contributed by atoms with Crippen molar-refractivity contribution in [3.63, 3.8) is 0 Å². The van der Waals surface area contributed by atoms with E-state index >= 15 is 0 Å². The largest absolute Gasteiger partial charge is 0.356 e. The lowest BCUT2D eigenvalue weighted by Crippen LogP contribution is -2.43. The summed E-state index contributed by atoms with van der Waals surface area (Å²) in [5, 5.41) is 2.69. The van der Waals surface area contributed by atoms with Gasteiger partial charge in [-0.25, -0.2) is 12.8 Å². The van der Waals surface area contributed by atoms with Crippen LogP contribution in [0.15, 0.2) is 23.1 Å². The van der Waals surface area contributed by atoms with Gasteiger partial charge in [0, 0.05) is 25.6 Å². The molecule has 0 aromatic heterocycles. The van der Waals surface area contributed by atoms with Gasteiger partial charge in [0.15, 0.2) is 0 Å². The zero-order chi connectivity index (χ0) is 19.3. The van der Waals surface area contributed by atoms with Gasteiger partial charge in [-0.3, -0.25) is 4.79 Å². The molecule has 1 aliphatic rings. The van der Waals surface area contributed by atoms with Crippen LogP contribution in [0.4, 0.5) is 4.39 Å². The van der Waals surface area contributed by atoms with Crippen LogP contribution in [0.1, 0.15) is 19.3 Å². The minimum atomic E-state index is -3.74. The molecule has 0 radical (unpaired) electrons. The van der Waals surface area contributed by atoms with Crippen LogP contribution in [0.2, 0.25) is 5.02 Å². The molecule has 1 aromatic carbocycles. The summed E-state index contributed by atoms with van der Waals surface area (Å²) in [4.78, 5) is 14.2. The molecule has 1 fully saturated rings. The number of halogens is 2. The molecule has 0 spiro atoms. The molecule has 26 heavy (non-hydrogen) atoms. The zero-order valence-corrected chi connectivity index (χ0v) is 16.6. The van der Waals surface area contributed by atoms with Gasteiger partial charge >= 0.3 is 0 Å². The van der Waals surface area contributed by atoms with E-state index in [1.807, 2.05) is 14.1 Å². The fraction of sp³-hybridized carbons (Fsp3) is 0.588. The molecule has 1 N–H and O–H groups in total. The van der Waals surface area contributed by atoms with E-state index in [2.05, 4.69) is 10.2 Å². The van der Waals surface area contributed by atoms with E-state index in [1.54, 1.807) is 0 Å². The number of sulfonamides is 1. The van der Waals surface area contributed by atoms with Gasteiger partial charge in [0.25, 0.3) is 0 Å². The van der Waals surface area contributed by atoms with Crippen molar-refractivity contribution in [3.05, 3.63) is 29.0 Å². The Morgan fingerprint density at radius 1 is 1.35 bits per heavy atom. The van der Waals surface area contributed by atoms with Crippen molar-refractivity contribution in [3.8, 4) is 0 Å². The maximum atomic E-state index is 13.3. The minimum absolute atomic E-state index is 0.0226. The summed E-state index contributed by atoms with van der Waals surface area (Å²) >= 11 is 5.69. The molecule has 1 heterocycles. The number of benzene rings is 1. The van der Waals surface area contributed by atoms with Crippen molar-refractivity contribution in [1.29, 1.82) is 0 Å². The summed E-state index contributed by atoms with van der Waals surface area (Å²) in [6.45, 7) is 2.03. The highest BCUT2D eigenvalue weighted by atomic mass is 35.5. The summed E-state index contributed by atoms with van der Waals surface area (Å²) < 4.78 is 39.9. The molecule has 0 atom stereocenters. The highest BCUT2D eigenvalue weighted by Crippen LogP contribution is 2.26. The molecule has 146 valence electrons. The van der Waals surface area contributed by atoms with Crippen LogP contribution in [0.25, 0.3) is 0 Å². The summed E-state index contributed by atoms with van der Waals surface area (Å²) in [7, 11) is 0.221. The van der Waals surface area contributed by atoms with E-state index in [-0.39, 0.29) is 34.8 Å². The Bertz CT molecular complexity index is 735. The standard InChI is InChI=1S/C17H25ClFN3O3S/c1-21(2)9-3-8-20-17(23)13-6-10-22(11-7-13)26(24,25)14-4-5-16(19)15(18)12-14/h4-5,12-13H,3,6-11H2,1-2H3,(H,20,23). The quantitative estimate of drug-likeness (QED) is 0.704. The zero-order valence-electron chi connectivity index (χ0n) is 15.0. The molecule has 2 rings (SSSR count). The third-order valence-electron chi connectivity index (χ3n) is 4.43. The van der Waals surface area contributed by atoms with E-state index in [4.69, 9.17) is 11.6 Å². The lowest BCUT2D eigenvalue weighted by atomic mass is 9.97. The van der Waals surface area contributed by atoms with Crippen LogP contribution in [0.5, 0.6) is 0 Å². The topological polar surface area (TPSA) is 69.7 Å². The van der Waals surface area contributed by atoms with Crippen LogP contribution in [-0.4, -0.2) is 63.8 Å². The summed E-state index contributed by atoms with van der Waals surface area (Å²) in [6, 6.07) is 3.37. The number of hydrogen-bond donors (Lipinski definition) is 1. The van der Waals surface area contributed by atoms with Crippen LogP contribution in [0.3, 0.4) is 0 Å². The Morgan fingerprint density at radius 3 is 2.58 bits per heavy atom. The molecular formula is C17H25ClFN3O3S. The molecule has 0 bridgehead atoms. The third kappa shape index (κ3) is 5.39. The van der Waals surface area contributed by atoms with Gasteiger partial charge in [-0.2, -0.15) is 4.31 Å². The van der Waals surface area contributed by atoms with Gasteiger partial charge in [0.2, 0.25) is 15.9 Å². The Morgan fingerprint density at radius 2 is 2.00 bits per heavy atom. The average molecular weight is 406 g/mol. The molecule has 0 unspecified atom stereocenters. The first kappa shape index (κ1) is 21.1. The number of carbonyl (C=O) groups is 1. The second-order valence-electron chi connectivity index (χ2n) is 6.70. The number of hydrogen-bond acceptors (Lipinski definition) is 4. The molecule has 0 saturated carbocycles. The Labute approximate surface area is 159 Å². The highest BCUT2D eigenvalue weighted by Gasteiger charge is 2.32. The van der Waals surface area contributed by atoms with E-state index in [9.17, 15) is 17.6 Å². The molecule has 0 aliphatic carbocycles. The lowest BCUT2D eigenvalue weighted by molar-refractivity contribution is -0.126. The molecule has 9 heteroatoms. The van der Waals surface area contributed by atoms with Gasteiger partial charge in [-0.15, -0.1) is 0 Å². The number of carbonyl (C=O) groups excluding carboxylic acids is 1. The molecular weight excluding hydrogens is 381 g/mol. The van der Waals surface area contributed by atoms with Crippen molar-refractivity contribution in [2.24, 2.45) is 5.92 Å². The van der Waals surface area contributed by atoms with Crippen LogP contribution >= 0.6 is 11.6 Å². The smallest absolute Gasteiger partial charge is 0.243 e. The van der Waals surface area contributed by atoms with Crippen molar-refractivity contribution in [2.45, 2.75) is 24.2 Å². The normalized spacial score (nSPS) is 16.8. The Kier molecular flexibility index (Phi) is 7.40. The average Bonchev–Trinajstić information content (AvgIpc) is 2.60. The Hall–Kier alpha value is -1.22. The van der Waals surface area contributed by atoms with Gasteiger partial charge < -0.3 is 10.2 Å². The van der Waals surface area contributed by atoms with Gasteiger partial charge in [0.05, 0.1) is 9.92 Å². The monoisotopic (exact) mass is 405 g/mol. The highest BCUT2D eigenvalue weighted by molar-refractivity contribution is 7.89. The van der Waals surface area contributed by atoms with Crippen molar-refractivity contribution in [1.82, 2.24) is 14.5 Å². The van der Waals surface area contributed by atoms with E-state index < -0.39 is 15.8 Å². The van der Waals surface area contributed by atoms with Gasteiger partial charge in [-0.05, 0) is 58.1 Å². The third-order valence-corrected chi connectivity index (χ3v) is 6.62. The van der Waals surface area contributed by atoms with Crippen molar-refractivity contribution >= 4 is 27.5 Å². The van der Waals surface area contributed by atoms with Gasteiger partial charge in [0.1, 0.15) is 5.82 Å². The summed E-state index contributed by atoms with van der Waals surface area (Å²) in [5.74, 6) is -0.862. The lowest BCUT2D eigenvalue weighted by Gasteiger charge is -2.30. The van der Waals surface area contributed by atoms with Crippen LogP contribution in [0, 0.1) is 11.7 Å². The fourth-order valence-electron chi connectivity index (χ4n) is 2.90. The second-order valence-corrected chi connectivity index (χ2v) is 9.05. The first-order valence-corrected chi connectivity index (χ1v) is 10.4. The SMILES string of the molecule is CN(C)CCCNC(=O)C1CCN(S(=O)(=O)c2ccc(F)c(Cl)c2)CC1. The van der Waals surface area contributed by atoms with Gasteiger partial charge in [-0.1, -0.05) is 11.6 Å². The maximum absolute atomic E-state index is 13.3. The van der Waals surface area contributed by atoms with E-state index in [0.717, 1.165) is 25.1 Å². The first-order chi connectivity index (χ1) is 12.2. The summed E-state index contributed by atoms with van der Waals surface area (Å²) in [6.07, 6.45) is 1.80. The minimum Gasteiger partial charge on any atom is -0.356 e. The summed E-state index contributed by atoms with van der Waals surface area (Å²) in [5.41, 5.74) is 0. The predicted octanol–water partition coefficient (Wildman–Crippen LogP) is 1.95. The Balaban J connectivity index is 1.88. The number of nitrogens with one attached hydrogen (secondary N) is 1. The van der Waals surface area contributed by atoms with E-state index in [0.29, 0.717) is 19.4 Å². The number of amides is 1. The number of nitrogens with zero attached hydrogens (tertiary/aromatic N) is 2. The molecule has 1 aromatic rings. The number of piperidine rings is 1. The number of rotatable bonds is 7. The van der Waals surface area contributed by atoms with Crippen molar-refractivity contribution in [2.75, 3.05) is 40.3 Å². The first-order valence-electron chi connectivity index (χ1n) is 8.59.